The van der Waals surface area contributed by atoms with Crippen molar-refractivity contribution >= 4 is 27.5 Å². The van der Waals surface area contributed by atoms with E-state index in [9.17, 15) is 18.0 Å². The number of anilines is 1. The lowest BCUT2D eigenvalue weighted by Gasteiger charge is -2.13. The van der Waals surface area contributed by atoms with Gasteiger partial charge in [0.1, 0.15) is 0 Å². The molecule has 140 valence electrons. The van der Waals surface area contributed by atoms with Gasteiger partial charge in [0.05, 0.1) is 28.8 Å². The molecule has 9 heteroatoms. The largest absolute Gasteiger partial charge is 0.573 e. The molecule has 5 nitrogen and oxygen atoms in total. The van der Waals surface area contributed by atoms with Crippen molar-refractivity contribution in [3.63, 3.8) is 0 Å². The molecule has 0 aliphatic rings. The number of nitrogens with one attached hydrogen (secondary N) is 1. The summed E-state index contributed by atoms with van der Waals surface area (Å²) in [5.41, 5.74) is 1.44. The number of rotatable bonds is 4. The van der Waals surface area contributed by atoms with E-state index in [-0.39, 0.29) is 11.3 Å². The van der Waals surface area contributed by atoms with Gasteiger partial charge >= 0.3 is 6.36 Å². The molecule has 2 aromatic carbocycles. The molecule has 0 fully saturated rings. The van der Waals surface area contributed by atoms with E-state index in [2.05, 4.69) is 31.1 Å². The topological polar surface area (TPSA) is 56.1 Å². The van der Waals surface area contributed by atoms with E-state index in [0.29, 0.717) is 5.69 Å². The van der Waals surface area contributed by atoms with E-state index >= 15 is 0 Å². The van der Waals surface area contributed by atoms with Gasteiger partial charge in [-0.25, -0.2) is 4.68 Å². The van der Waals surface area contributed by atoms with Crippen LogP contribution >= 0.6 is 15.9 Å². The monoisotopic (exact) mass is 439 g/mol. The van der Waals surface area contributed by atoms with Crippen LogP contribution in [0.15, 0.2) is 59.2 Å². The van der Waals surface area contributed by atoms with Gasteiger partial charge in [0.25, 0.3) is 5.91 Å². The smallest absolute Gasteiger partial charge is 0.404 e. The van der Waals surface area contributed by atoms with Gasteiger partial charge in [-0.3, -0.25) is 4.79 Å². The molecule has 3 rings (SSSR count). The fourth-order valence-electron chi connectivity index (χ4n) is 2.45. The zero-order chi connectivity index (χ0) is 19.6. The van der Waals surface area contributed by atoms with Crippen molar-refractivity contribution in [2.24, 2.45) is 0 Å². The Morgan fingerprint density at radius 1 is 1.15 bits per heavy atom. The number of amides is 1. The zero-order valence-electron chi connectivity index (χ0n) is 13.9. The maximum Gasteiger partial charge on any atom is 0.573 e. The molecular formula is C18H13BrF3N3O2. The van der Waals surface area contributed by atoms with Crippen molar-refractivity contribution in [1.29, 1.82) is 0 Å². The van der Waals surface area contributed by atoms with Crippen molar-refractivity contribution < 1.29 is 22.7 Å². The van der Waals surface area contributed by atoms with Crippen LogP contribution in [0.2, 0.25) is 0 Å². The first-order valence-corrected chi connectivity index (χ1v) is 8.50. The van der Waals surface area contributed by atoms with Crippen molar-refractivity contribution in [1.82, 2.24) is 9.78 Å². The maximum absolute atomic E-state index is 12.5. The Kier molecular flexibility index (Phi) is 5.22. The molecule has 27 heavy (non-hydrogen) atoms. The summed E-state index contributed by atoms with van der Waals surface area (Å²) < 4.78 is 44.0. The van der Waals surface area contributed by atoms with Gasteiger partial charge in [0.2, 0.25) is 0 Å². The molecule has 1 amide bonds. The van der Waals surface area contributed by atoms with Crippen LogP contribution in [-0.4, -0.2) is 22.1 Å². The second kappa shape index (κ2) is 7.43. The lowest BCUT2D eigenvalue weighted by Crippen LogP contribution is -2.19. The highest BCUT2D eigenvalue weighted by molar-refractivity contribution is 9.10. The Balaban J connectivity index is 1.85. The lowest BCUT2D eigenvalue weighted by molar-refractivity contribution is -0.274. The Bertz CT molecular complexity index is 969. The Morgan fingerprint density at radius 3 is 2.48 bits per heavy atom. The molecule has 0 aliphatic heterocycles. The van der Waals surface area contributed by atoms with Crippen molar-refractivity contribution in [3.05, 3.63) is 70.5 Å². The summed E-state index contributed by atoms with van der Waals surface area (Å²) >= 11 is 3.34. The van der Waals surface area contributed by atoms with Crippen LogP contribution in [0.5, 0.6) is 5.75 Å². The molecule has 0 bridgehead atoms. The molecule has 1 heterocycles. The summed E-state index contributed by atoms with van der Waals surface area (Å²) in [6.45, 7) is 1.70. The van der Waals surface area contributed by atoms with Crippen LogP contribution < -0.4 is 10.1 Å². The van der Waals surface area contributed by atoms with Crippen molar-refractivity contribution in [2.45, 2.75) is 13.3 Å². The quantitative estimate of drug-likeness (QED) is 0.615. The fourth-order valence-corrected chi connectivity index (χ4v) is 2.71. The highest BCUT2D eigenvalue weighted by Crippen LogP contribution is 2.30. The van der Waals surface area contributed by atoms with Gasteiger partial charge in [-0.05, 0) is 43.3 Å². The number of hydrogen-bond donors (Lipinski definition) is 1. The van der Waals surface area contributed by atoms with Gasteiger partial charge < -0.3 is 10.1 Å². The standard InChI is InChI=1S/C18H13BrF3N3O2/c1-11-14(10-23-25(11)13-8-6-12(19)7-9-13)17(26)24-15-4-2-3-5-16(15)27-18(20,21)22/h2-10H,1H3,(H,24,26). The van der Waals surface area contributed by atoms with Gasteiger partial charge in [0, 0.05) is 4.47 Å². The van der Waals surface area contributed by atoms with Gasteiger partial charge in [-0.1, -0.05) is 28.1 Å². The second-order valence-electron chi connectivity index (χ2n) is 5.53. The number of alkyl halides is 3. The van der Waals surface area contributed by atoms with Crippen molar-refractivity contribution in [3.8, 4) is 11.4 Å². The fraction of sp³-hybridized carbons (Fsp3) is 0.111. The van der Waals surface area contributed by atoms with Crippen LogP contribution in [0.4, 0.5) is 18.9 Å². The molecule has 0 saturated heterocycles. The number of para-hydroxylation sites is 2. The van der Waals surface area contributed by atoms with Crippen LogP contribution in [-0.2, 0) is 0 Å². The summed E-state index contributed by atoms with van der Waals surface area (Å²) in [6, 6.07) is 12.6. The average molecular weight is 440 g/mol. The summed E-state index contributed by atoms with van der Waals surface area (Å²) in [4.78, 5) is 12.5. The predicted molar refractivity (Wildman–Crippen MR) is 97.1 cm³/mol. The number of carbonyl (C=O) groups excluding carboxylic acids is 1. The van der Waals surface area contributed by atoms with Gasteiger partial charge in [-0.15, -0.1) is 13.2 Å². The number of nitrogens with zero attached hydrogens (tertiary/aromatic N) is 2. The molecule has 0 atom stereocenters. The predicted octanol–water partition coefficient (Wildman–Crippen LogP) is 5.09. The number of hydrogen-bond acceptors (Lipinski definition) is 3. The van der Waals surface area contributed by atoms with Crippen LogP contribution in [0, 0.1) is 6.92 Å². The van der Waals surface area contributed by atoms with Crippen molar-refractivity contribution in [2.75, 3.05) is 5.32 Å². The maximum atomic E-state index is 12.5. The third kappa shape index (κ3) is 4.48. The Hall–Kier alpha value is -2.81. The molecule has 0 unspecified atom stereocenters. The SMILES string of the molecule is Cc1c(C(=O)Nc2ccccc2OC(F)(F)F)cnn1-c1ccc(Br)cc1. The Morgan fingerprint density at radius 2 is 1.81 bits per heavy atom. The highest BCUT2D eigenvalue weighted by Gasteiger charge is 2.32. The van der Waals surface area contributed by atoms with Gasteiger partial charge in [0.15, 0.2) is 5.75 Å². The zero-order valence-corrected chi connectivity index (χ0v) is 15.5. The van der Waals surface area contributed by atoms with E-state index in [1.165, 1.54) is 24.4 Å². The Labute approximate surface area is 160 Å². The third-order valence-corrected chi connectivity index (χ3v) is 4.22. The number of halogens is 4. The average Bonchev–Trinajstić information content (AvgIpc) is 2.98. The van der Waals surface area contributed by atoms with Crippen LogP contribution in [0.25, 0.3) is 5.69 Å². The van der Waals surface area contributed by atoms with E-state index < -0.39 is 18.0 Å². The molecule has 3 aromatic rings. The molecule has 0 radical (unpaired) electrons. The number of ether oxygens (including phenoxy) is 1. The number of carbonyl (C=O) groups is 1. The minimum atomic E-state index is -4.86. The summed E-state index contributed by atoms with van der Waals surface area (Å²) in [7, 11) is 0. The van der Waals surface area contributed by atoms with E-state index in [1.807, 2.05) is 24.3 Å². The first-order chi connectivity index (χ1) is 12.7. The summed E-state index contributed by atoms with van der Waals surface area (Å²) in [6.07, 6.45) is -3.50. The van der Waals surface area contributed by atoms with Gasteiger partial charge in [-0.2, -0.15) is 5.10 Å². The minimum absolute atomic E-state index is 0.0874. The van der Waals surface area contributed by atoms with E-state index in [4.69, 9.17) is 0 Å². The van der Waals surface area contributed by atoms with Crippen LogP contribution in [0.1, 0.15) is 16.1 Å². The molecule has 0 aliphatic carbocycles. The molecular weight excluding hydrogens is 427 g/mol. The van der Waals surface area contributed by atoms with Crippen LogP contribution in [0.3, 0.4) is 0 Å². The number of benzene rings is 2. The number of aromatic nitrogens is 2. The lowest BCUT2D eigenvalue weighted by atomic mass is 10.2. The van der Waals surface area contributed by atoms with E-state index in [0.717, 1.165) is 16.2 Å². The molecule has 1 aromatic heterocycles. The molecule has 0 saturated carbocycles. The first kappa shape index (κ1) is 19.0. The minimum Gasteiger partial charge on any atom is -0.404 e. The molecule has 1 N–H and O–H groups in total. The second-order valence-corrected chi connectivity index (χ2v) is 6.45. The van der Waals surface area contributed by atoms with E-state index in [1.54, 1.807) is 11.6 Å². The summed E-state index contributed by atoms with van der Waals surface area (Å²) in [5, 5.41) is 6.63. The molecule has 0 spiro atoms. The highest BCUT2D eigenvalue weighted by atomic mass is 79.9. The normalized spacial score (nSPS) is 11.3. The summed E-state index contributed by atoms with van der Waals surface area (Å²) in [5.74, 6) is -1.08. The first-order valence-electron chi connectivity index (χ1n) is 7.71. The third-order valence-electron chi connectivity index (χ3n) is 3.69.